The molecule has 0 fully saturated rings. The molecule has 4 heteroatoms. The highest BCUT2D eigenvalue weighted by atomic mass is 16.2. The van der Waals surface area contributed by atoms with Crippen LogP contribution >= 0.6 is 0 Å². The Labute approximate surface area is 84.0 Å². The Morgan fingerprint density at radius 1 is 1.43 bits per heavy atom. The molecule has 1 heterocycles. The summed E-state index contributed by atoms with van der Waals surface area (Å²) in [6.45, 7) is 5.63. The van der Waals surface area contributed by atoms with E-state index in [0.29, 0.717) is 5.82 Å². The van der Waals surface area contributed by atoms with Gasteiger partial charge in [-0.25, -0.2) is 0 Å². The lowest BCUT2D eigenvalue weighted by Crippen LogP contribution is -2.37. The average molecular weight is 193 g/mol. The Morgan fingerprint density at radius 3 is 2.50 bits per heavy atom. The van der Waals surface area contributed by atoms with Crippen LogP contribution in [-0.2, 0) is 4.79 Å². The number of amides is 1. The molecule has 1 aromatic heterocycles. The van der Waals surface area contributed by atoms with Gasteiger partial charge >= 0.3 is 0 Å². The van der Waals surface area contributed by atoms with E-state index in [1.54, 1.807) is 25.4 Å². The first-order valence-electron chi connectivity index (χ1n) is 4.49. The second kappa shape index (κ2) is 3.74. The van der Waals surface area contributed by atoms with Crippen LogP contribution < -0.4 is 4.90 Å². The van der Waals surface area contributed by atoms with Gasteiger partial charge in [-0.2, -0.15) is 5.10 Å². The molecule has 0 N–H and O–H groups in total. The molecule has 0 aliphatic carbocycles. The zero-order chi connectivity index (χ0) is 10.8. The van der Waals surface area contributed by atoms with Gasteiger partial charge in [0, 0.05) is 18.7 Å². The summed E-state index contributed by atoms with van der Waals surface area (Å²) >= 11 is 0. The molecule has 14 heavy (non-hydrogen) atoms. The summed E-state index contributed by atoms with van der Waals surface area (Å²) < 4.78 is 0. The predicted molar refractivity (Wildman–Crippen MR) is 54.9 cm³/mol. The van der Waals surface area contributed by atoms with E-state index in [4.69, 9.17) is 0 Å². The minimum absolute atomic E-state index is 0.0259. The minimum atomic E-state index is -0.397. The molecule has 0 aliphatic rings. The highest BCUT2D eigenvalue weighted by molar-refractivity contribution is 5.95. The fourth-order valence-corrected chi connectivity index (χ4v) is 1.08. The summed E-state index contributed by atoms with van der Waals surface area (Å²) in [5.41, 5.74) is -0.397. The molecule has 1 rings (SSSR count). The van der Waals surface area contributed by atoms with Gasteiger partial charge in [-0.15, -0.1) is 5.10 Å². The summed E-state index contributed by atoms with van der Waals surface area (Å²) in [6, 6.07) is 3.52. The third-order valence-corrected chi connectivity index (χ3v) is 1.85. The molecule has 1 aromatic rings. The first kappa shape index (κ1) is 10.6. The van der Waals surface area contributed by atoms with E-state index >= 15 is 0 Å². The van der Waals surface area contributed by atoms with E-state index in [1.807, 2.05) is 20.8 Å². The van der Waals surface area contributed by atoms with E-state index in [1.165, 1.54) is 4.90 Å². The van der Waals surface area contributed by atoms with Crippen molar-refractivity contribution in [1.29, 1.82) is 0 Å². The summed E-state index contributed by atoms with van der Waals surface area (Å²) in [7, 11) is 1.71. The van der Waals surface area contributed by atoms with E-state index in [9.17, 15) is 4.79 Å². The first-order chi connectivity index (χ1) is 6.43. The highest BCUT2D eigenvalue weighted by Crippen LogP contribution is 2.19. The molecule has 76 valence electrons. The Kier molecular flexibility index (Phi) is 2.84. The average Bonchev–Trinajstić information content (AvgIpc) is 2.15. The highest BCUT2D eigenvalue weighted by Gasteiger charge is 2.26. The Morgan fingerprint density at radius 2 is 2.07 bits per heavy atom. The van der Waals surface area contributed by atoms with Gasteiger partial charge in [-0.05, 0) is 12.1 Å². The molecular formula is C10H15N3O. The zero-order valence-electron chi connectivity index (χ0n) is 8.98. The second-order valence-electron chi connectivity index (χ2n) is 4.20. The standard InChI is InChI=1S/C10H15N3O/c1-10(2,3)9(14)13(4)8-6-5-7-11-12-8/h5-7H,1-4H3. The second-order valence-corrected chi connectivity index (χ2v) is 4.20. The van der Waals surface area contributed by atoms with E-state index in [0.717, 1.165) is 0 Å². The summed E-state index contributed by atoms with van der Waals surface area (Å²) in [5.74, 6) is 0.602. The summed E-state index contributed by atoms with van der Waals surface area (Å²) in [5, 5.41) is 7.59. The maximum Gasteiger partial charge on any atom is 0.233 e. The maximum atomic E-state index is 11.8. The lowest BCUT2D eigenvalue weighted by atomic mass is 9.95. The third-order valence-electron chi connectivity index (χ3n) is 1.85. The number of carbonyl (C=O) groups excluding carboxylic acids is 1. The van der Waals surface area contributed by atoms with Gasteiger partial charge in [-0.3, -0.25) is 9.69 Å². The fourth-order valence-electron chi connectivity index (χ4n) is 1.08. The van der Waals surface area contributed by atoms with E-state index in [2.05, 4.69) is 10.2 Å². The quantitative estimate of drug-likeness (QED) is 0.678. The van der Waals surface area contributed by atoms with Crippen molar-refractivity contribution < 1.29 is 4.79 Å². The number of rotatable bonds is 1. The lowest BCUT2D eigenvalue weighted by Gasteiger charge is -2.24. The fraction of sp³-hybridized carbons (Fsp3) is 0.500. The first-order valence-corrected chi connectivity index (χ1v) is 4.49. The third kappa shape index (κ3) is 2.28. The molecule has 1 amide bonds. The van der Waals surface area contributed by atoms with Gasteiger partial charge in [-0.1, -0.05) is 20.8 Å². The van der Waals surface area contributed by atoms with Crippen molar-refractivity contribution in [2.24, 2.45) is 5.41 Å². The monoisotopic (exact) mass is 193 g/mol. The van der Waals surface area contributed by atoms with E-state index < -0.39 is 5.41 Å². The van der Waals surface area contributed by atoms with Crippen molar-refractivity contribution in [1.82, 2.24) is 10.2 Å². The number of anilines is 1. The smallest absolute Gasteiger partial charge is 0.233 e. The Hall–Kier alpha value is -1.45. The summed E-state index contributed by atoms with van der Waals surface area (Å²) in [6.07, 6.45) is 1.58. The van der Waals surface area contributed by atoms with Crippen molar-refractivity contribution in [3.63, 3.8) is 0 Å². The molecule has 0 atom stereocenters. The maximum absolute atomic E-state index is 11.8. The molecule has 0 bridgehead atoms. The van der Waals surface area contributed by atoms with Crippen molar-refractivity contribution in [3.8, 4) is 0 Å². The van der Waals surface area contributed by atoms with Crippen molar-refractivity contribution in [2.45, 2.75) is 20.8 Å². The molecule has 0 saturated carbocycles. The molecule has 4 nitrogen and oxygen atoms in total. The van der Waals surface area contributed by atoms with Crippen LogP contribution in [0.4, 0.5) is 5.82 Å². The Bertz CT molecular complexity index is 316. The van der Waals surface area contributed by atoms with Crippen molar-refractivity contribution in [2.75, 3.05) is 11.9 Å². The van der Waals surface area contributed by atoms with Crippen LogP contribution in [0.3, 0.4) is 0 Å². The number of aromatic nitrogens is 2. The molecule has 0 radical (unpaired) electrons. The van der Waals surface area contributed by atoms with Crippen molar-refractivity contribution >= 4 is 11.7 Å². The predicted octanol–water partition coefficient (Wildman–Crippen LogP) is 1.49. The lowest BCUT2D eigenvalue weighted by molar-refractivity contribution is -0.125. The molecule has 0 aliphatic heterocycles. The van der Waals surface area contributed by atoms with E-state index in [-0.39, 0.29) is 5.91 Å². The van der Waals surface area contributed by atoms with Crippen LogP contribution in [0.15, 0.2) is 18.3 Å². The van der Waals surface area contributed by atoms with Gasteiger partial charge in [0.15, 0.2) is 5.82 Å². The molecule has 0 saturated heterocycles. The molecule has 0 unspecified atom stereocenters. The summed E-state index contributed by atoms with van der Waals surface area (Å²) in [4.78, 5) is 13.3. The topological polar surface area (TPSA) is 46.1 Å². The number of hydrogen-bond donors (Lipinski definition) is 0. The minimum Gasteiger partial charge on any atom is -0.298 e. The van der Waals surface area contributed by atoms with Crippen LogP contribution in [0, 0.1) is 5.41 Å². The van der Waals surface area contributed by atoms with Crippen LogP contribution in [0.1, 0.15) is 20.8 Å². The van der Waals surface area contributed by atoms with Crippen LogP contribution in [-0.4, -0.2) is 23.2 Å². The molecular weight excluding hydrogens is 178 g/mol. The van der Waals surface area contributed by atoms with Gasteiger partial charge in [0.05, 0.1) is 0 Å². The van der Waals surface area contributed by atoms with Crippen molar-refractivity contribution in [3.05, 3.63) is 18.3 Å². The SMILES string of the molecule is CN(C(=O)C(C)(C)C)c1cccnn1. The molecule has 0 spiro atoms. The Balaban J connectivity index is 2.87. The van der Waals surface area contributed by atoms with Gasteiger partial charge < -0.3 is 0 Å². The van der Waals surface area contributed by atoms with Crippen LogP contribution in [0.5, 0.6) is 0 Å². The number of hydrogen-bond acceptors (Lipinski definition) is 3. The normalized spacial score (nSPS) is 11.1. The zero-order valence-corrected chi connectivity index (χ0v) is 8.98. The number of nitrogens with zero attached hydrogens (tertiary/aromatic N) is 3. The molecule has 0 aromatic carbocycles. The largest absolute Gasteiger partial charge is 0.298 e. The van der Waals surface area contributed by atoms with Crippen LogP contribution in [0.2, 0.25) is 0 Å². The number of carbonyl (C=O) groups is 1. The van der Waals surface area contributed by atoms with Gasteiger partial charge in [0.25, 0.3) is 0 Å². The van der Waals surface area contributed by atoms with Crippen LogP contribution in [0.25, 0.3) is 0 Å². The van der Waals surface area contributed by atoms with Gasteiger partial charge in [0.1, 0.15) is 0 Å². The van der Waals surface area contributed by atoms with Gasteiger partial charge in [0.2, 0.25) is 5.91 Å².